The quantitative estimate of drug-likeness (QED) is 0.846. The van der Waals surface area contributed by atoms with Gasteiger partial charge in [-0.15, -0.1) is 0 Å². The molecule has 0 aliphatic carbocycles. The van der Waals surface area contributed by atoms with Crippen LogP contribution < -0.4 is 11.1 Å². The Balaban J connectivity index is 2.21. The highest BCUT2D eigenvalue weighted by molar-refractivity contribution is 6.36. The molecule has 126 valence electrons. The Morgan fingerprint density at radius 2 is 1.71 bits per heavy atom. The van der Waals surface area contributed by atoms with Crippen LogP contribution in [0.15, 0.2) is 36.4 Å². The van der Waals surface area contributed by atoms with Crippen molar-refractivity contribution in [2.75, 3.05) is 0 Å². The Morgan fingerprint density at radius 3 is 2.25 bits per heavy atom. The molecule has 2 amide bonds. The molecule has 0 fully saturated rings. The summed E-state index contributed by atoms with van der Waals surface area (Å²) in [6, 6.07) is 6.31. The van der Waals surface area contributed by atoms with E-state index in [1.165, 1.54) is 0 Å². The Morgan fingerprint density at radius 1 is 1.08 bits per heavy atom. The summed E-state index contributed by atoms with van der Waals surface area (Å²) < 4.78 is 26.1. The lowest BCUT2D eigenvalue weighted by Gasteiger charge is -2.17. The molecule has 2 aromatic carbocycles. The third kappa shape index (κ3) is 4.21. The summed E-state index contributed by atoms with van der Waals surface area (Å²) in [4.78, 5) is 23.7. The van der Waals surface area contributed by atoms with Crippen molar-refractivity contribution < 1.29 is 18.4 Å². The van der Waals surface area contributed by atoms with E-state index in [9.17, 15) is 18.4 Å². The van der Waals surface area contributed by atoms with Crippen molar-refractivity contribution in [2.24, 2.45) is 5.73 Å². The molecule has 0 saturated heterocycles. The fourth-order valence-corrected chi connectivity index (χ4v) is 2.58. The van der Waals surface area contributed by atoms with E-state index < -0.39 is 29.5 Å². The first-order valence-corrected chi connectivity index (χ1v) is 7.53. The minimum atomic E-state index is -1.17. The smallest absolute Gasteiger partial charge is 0.252 e. The summed E-state index contributed by atoms with van der Waals surface area (Å²) >= 11 is 12.1. The average Bonchev–Trinajstić information content (AvgIpc) is 2.52. The van der Waals surface area contributed by atoms with Crippen LogP contribution in [0.25, 0.3) is 0 Å². The minimum Gasteiger partial charge on any atom is -0.368 e. The molecule has 0 unspecified atom stereocenters. The van der Waals surface area contributed by atoms with Gasteiger partial charge in [0.1, 0.15) is 6.04 Å². The topological polar surface area (TPSA) is 72.2 Å². The molecular weight excluding hydrogens is 361 g/mol. The van der Waals surface area contributed by atoms with Crippen LogP contribution in [-0.4, -0.2) is 17.9 Å². The molecule has 4 nitrogen and oxygen atoms in total. The maximum absolute atomic E-state index is 13.2. The highest BCUT2D eigenvalue weighted by atomic mass is 35.5. The van der Waals surface area contributed by atoms with Crippen molar-refractivity contribution in [3.05, 3.63) is 69.2 Å². The van der Waals surface area contributed by atoms with Gasteiger partial charge >= 0.3 is 0 Å². The predicted molar refractivity (Wildman–Crippen MR) is 87.0 cm³/mol. The zero-order chi connectivity index (χ0) is 17.9. The van der Waals surface area contributed by atoms with Crippen molar-refractivity contribution in [1.82, 2.24) is 5.32 Å². The van der Waals surface area contributed by atoms with Crippen molar-refractivity contribution in [2.45, 2.75) is 12.5 Å². The molecule has 0 saturated carbocycles. The highest BCUT2D eigenvalue weighted by Gasteiger charge is 2.22. The monoisotopic (exact) mass is 372 g/mol. The van der Waals surface area contributed by atoms with Crippen LogP contribution in [0.2, 0.25) is 10.0 Å². The second-order valence-electron chi connectivity index (χ2n) is 4.96. The third-order valence-electron chi connectivity index (χ3n) is 3.30. The Bertz CT molecular complexity index is 779. The molecule has 0 aliphatic rings. The number of primary amides is 1. The maximum Gasteiger partial charge on any atom is 0.252 e. The number of nitrogens with one attached hydrogen (secondary N) is 1. The normalized spacial score (nSPS) is 11.8. The van der Waals surface area contributed by atoms with Crippen molar-refractivity contribution in [1.29, 1.82) is 0 Å². The minimum absolute atomic E-state index is 0.0384. The first kappa shape index (κ1) is 18.2. The van der Waals surface area contributed by atoms with E-state index in [1.54, 1.807) is 18.2 Å². The summed E-state index contributed by atoms with van der Waals surface area (Å²) in [7, 11) is 0. The molecule has 0 bridgehead atoms. The van der Waals surface area contributed by atoms with E-state index in [2.05, 4.69) is 5.32 Å². The van der Waals surface area contributed by atoms with Gasteiger partial charge in [0.2, 0.25) is 5.91 Å². The second kappa shape index (κ2) is 7.59. The predicted octanol–water partition coefficient (Wildman–Crippen LogP) is 3.10. The van der Waals surface area contributed by atoms with Gasteiger partial charge in [0, 0.05) is 22.0 Å². The molecule has 0 aliphatic heterocycles. The fourth-order valence-electron chi connectivity index (χ4n) is 2.03. The number of benzene rings is 2. The molecule has 8 heteroatoms. The Hall–Kier alpha value is -2.18. The number of rotatable bonds is 5. The van der Waals surface area contributed by atoms with Gasteiger partial charge in [0.05, 0.1) is 0 Å². The highest BCUT2D eigenvalue weighted by Crippen LogP contribution is 2.25. The summed E-state index contributed by atoms with van der Waals surface area (Å²) in [6.07, 6.45) is -0.0384. The van der Waals surface area contributed by atoms with Crippen LogP contribution in [-0.2, 0) is 11.2 Å². The van der Waals surface area contributed by atoms with Crippen molar-refractivity contribution >= 4 is 35.0 Å². The lowest BCUT2D eigenvalue weighted by atomic mass is 10.0. The van der Waals surface area contributed by atoms with Gasteiger partial charge in [-0.1, -0.05) is 29.3 Å². The maximum atomic E-state index is 13.2. The van der Waals surface area contributed by atoms with Crippen LogP contribution in [0.4, 0.5) is 8.78 Å². The van der Waals surface area contributed by atoms with Gasteiger partial charge in [-0.2, -0.15) is 0 Å². The summed E-state index contributed by atoms with van der Waals surface area (Å²) in [6.45, 7) is 0. The molecule has 0 spiro atoms. The zero-order valence-corrected chi connectivity index (χ0v) is 13.7. The Kier molecular flexibility index (Phi) is 5.75. The van der Waals surface area contributed by atoms with Crippen LogP contribution in [0.3, 0.4) is 0 Å². The van der Waals surface area contributed by atoms with Crippen LogP contribution in [0.1, 0.15) is 15.9 Å². The number of amides is 2. The number of nitrogens with two attached hydrogens (primary N) is 1. The van der Waals surface area contributed by atoms with E-state index >= 15 is 0 Å². The van der Waals surface area contributed by atoms with Crippen LogP contribution in [0.5, 0.6) is 0 Å². The van der Waals surface area contributed by atoms with Gasteiger partial charge < -0.3 is 11.1 Å². The van der Waals surface area contributed by atoms with E-state index in [0.29, 0.717) is 15.6 Å². The van der Waals surface area contributed by atoms with Gasteiger partial charge in [0.15, 0.2) is 11.6 Å². The number of carbonyl (C=O) groups is 2. The third-order valence-corrected chi connectivity index (χ3v) is 4.01. The SMILES string of the molecule is NC(=O)[C@@H](Cc1c(Cl)cccc1Cl)NC(=O)c1ccc(F)c(F)c1. The summed E-state index contributed by atoms with van der Waals surface area (Å²) in [5.41, 5.74) is 5.58. The standard InChI is InChI=1S/C16H12Cl2F2N2O2/c17-10-2-1-3-11(18)9(10)7-14(15(21)23)22-16(24)8-4-5-12(19)13(20)6-8/h1-6,14H,7H2,(H2,21,23)(H,22,24)/t14-/m1/s1. The molecule has 2 rings (SSSR count). The molecular formula is C16H12Cl2F2N2O2. The molecule has 2 aromatic rings. The fraction of sp³-hybridized carbons (Fsp3) is 0.125. The number of halogens is 4. The molecule has 1 atom stereocenters. The van der Waals surface area contributed by atoms with Crippen LogP contribution in [0, 0.1) is 11.6 Å². The number of carbonyl (C=O) groups excluding carboxylic acids is 2. The Labute approximate surface area is 146 Å². The van der Waals surface area contributed by atoms with E-state index in [4.69, 9.17) is 28.9 Å². The largest absolute Gasteiger partial charge is 0.368 e. The van der Waals surface area contributed by atoms with E-state index in [-0.39, 0.29) is 12.0 Å². The first-order valence-electron chi connectivity index (χ1n) is 6.77. The van der Waals surface area contributed by atoms with E-state index in [0.717, 1.165) is 18.2 Å². The lowest BCUT2D eigenvalue weighted by Crippen LogP contribution is -2.46. The molecule has 0 heterocycles. The number of hydrogen-bond acceptors (Lipinski definition) is 2. The summed E-state index contributed by atoms with van der Waals surface area (Å²) in [5, 5.41) is 2.99. The second-order valence-corrected chi connectivity index (χ2v) is 5.78. The van der Waals surface area contributed by atoms with Gasteiger partial charge in [-0.05, 0) is 35.9 Å². The van der Waals surface area contributed by atoms with Gasteiger partial charge in [-0.3, -0.25) is 9.59 Å². The zero-order valence-electron chi connectivity index (χ0n) is 12.2. The van der Waals surface area contributed by atoms with E-state index in [1.807, 2.05) is 0 Å². The van der Waals surface area contributed by atoms with Gasteiger partial charge in [0.25, 0.3) is 5.91 Å². The molecule has 24 heavy (non-hydrogen) atoms. The van der Waals surface area contributed by atoms with Crippen molar-refractivity contribution in [3.8, 4) is 0 Å². The average molecular weight is 373 g/mol. The summed E-state index contributed by atoms with van der Waals surface area (Å²) in [5.74, 6) is -3.85. The number of hydrogen-bond donors (Lipinski definition) is 2. The lowest BCUT2D eigenvalue weighted by molar-refractivity contribution is -0.119. The molecule has 3 N–H and O–H groups in total. The molecule has 0 radical (unpaired) electrons. The first-order chi connectivity index (χ1) is 11.3. The molecule has 0 aromatic heterocycles. The van der Waals surface area contributed by atoms with Gasteiger partial charge in [-0.25, -0.2) is 8.78 Å². The van der Waals surface area contributed by atoms with Crippen molar-refractivity contribution in [3.63, 3.8) is 0 Å². The van der Waals surface area contributed by atoms with Crippen LogP contribution >= 0.6 is 23.2 Å².